The molecule has 0 fully saturated rings. The fourth-order valence-electron chi connectivity index (χ4n) is 0.754. The summed E-state index contributed by atoms with van der Waals surface area (Å²) in [7, 11) is 0. The van der Waals surface area contributed by atoms with E-state index in [1.807, 2.05) is 0 Å². The summed E-state index contributed by atoms with van der Waals surface area (Å²) in [5, 5.41) is 9.77. The molecule has 1 rings (SSSR count). The van der Waals surface area contributed by atoms with Gasteiger partial charge in [0.25, 0.3) is 0 Å². The van der Waals surface area contributed by atoms with Crippen molar-refractivity contribution in [3.63, 3.8) is 0 Å². The lowest BCUT2D eigenvalue weighted by atomic mass is 10.2. The van der Waals surface area contributed by atoms with Gasteiger partial charge >= 0.3 is 0 Å². The van der Waals surface area contributed by atoms with Gasteiger partial charge in [-0.1, -0.05) is 11.6 Å². The Labute approximate surface area is 64.2 Å². The van der Waals surface area contributed by atoms with Gasteiger partial charge in [-0.05, 0) is 18.2 Å². The molecule has 1 aromatic carbocycles. The number of halogens is 1. The Morgan fingerprint density at radius 2 is 2.20 bits per heavy atom. The van der Waals surface area contributed by atoms with Gasteiger partial charge in [0.05, 0.1) is 0 Å². The third-order valence-corrected chi connectivity index (χ3v) is 1.55. The Hall–Kier alpha value is -0.730. The number of aromatic hydroxyl groups is 1. The van der Waals surface area contributed by atoms with E-state index in [2.05, 4.69) is 5.73 Å². The fraction of sp³-hybridized carbons (Fsp3) is 0.143. The highest BCUT2D eigenvalue weighted by Crippen LogP contribution is 2.19. The molecule has 10 heavy (non-hydrogen) atoms. The lowest BCUT2D eigenvalue weighted by Gasteiger charge is -1.97. The summed E-state index contributed by atoms with van der Waals surface area (Å²) < 4.78 is 0. The van der Waals surface area contributed by atoms with Crippen molar-refractivity contribution in [2.45, 2.75) is 6.54 Å². The van der Waals surface area contributed by atoms with E-state index >= 15 is 0 Å². The van der Waals surface area contributed by atoms with E-state index in [-0.39, 0.29) is 5.75 Å². The van der Waals surface area contributed by atoms with Crippen molar-refractivity contribution in [1.82, 2.24) is 0 Å². The van der Waals surface area contributed by atoms with Crippen molar-refractivity contribution in [2.75, 3.05) is 0 Å². The van der Waals surface area contributed by atoms with Crippen LogP contribution in [0.5, 0.6) is 5.75 Å². The lowest BCUT2D eigenvalue weighted by Crippen LogP contribution is -2.47. The summed E-state index contributed by atoms with van der Waals surface area (Å²) in [4.78, 5) is 0. The third kappa shape index (κ3) is 1.40. The van der Waals surface area contributed by atoms with Crippen LogP contribution in [-0.2, 0) is 6.54 Å². The van der Waals surface area contributed by atoms with Crippen LogP contribution in [0.25, 0.3) is 0 Å². The van der Waals surface area contributed by atoms with Gasteiger partial charge in [0.15, 0.2) is 0 Å². The summed E-state index contributed by atoms with van der Waals surface area (Å²) in [6.45, 7) is 0.562. The number of benzene rings is 1. The maximum Gasteiger partial charge on any atom is 0.124 e. The van der Waals surface area contributed by atoms with Crippen LogP contribution in [0.2, 0.25) is 5.02 Å². The molecule has 54 valence electrons. The zero-order valence-corrected chi connectivity index (χ0v) is 6.23. The van der Waals surface area contributed by atoms with Gasteiger partial charge < -0.3 is 10.8 Å². The molecule has 0 amide bonds. The van der Waals surface area contributed by atoms with E-state index in [9.17, 15) is 0 Å². The Morgan fingerprint density at radius 3 is 2.70 bits per heavy atom. The molecule has 0 unspecified atom stereocenters. The highest BCUT2D eigenvalue weighted by molar-refractivity contribution is 6.30. The predicted molar refractivity (Wildman–Crippen MR) is 39.7 cm³/mol. The molecule has 0 aliphatic heterocycles. The molecule has 4 N–H and O–H groups in total. The minimum Gasteiger partial charge on any atom is -0.507 e. The maximum atomic E-state index is 9.14. The Kier molecular flexibility index (Phi) is 2.14. The molecule has 0 spiro atoms. The first-order valence-electron chi connectivity index (χ1n) is 3.00. The van der Waals surface area contributed by atoms with Gasteiger partial charge in [-0.2, -0.15) is 0 Å². The summed E-state index contributed by atoms with van der Waals surface area (Å²) in [5.74, 6) is 0.263. The van der Waals surface area contributed by atoms with Crippen molar-refractivity contribution >= 4 is 11.6 Å². The zero-order chi connectivity index (χ0) is 7.56. The van der Waals surface area contributed by atoms with Gasteiger partial charge in [-0.15, -0.1) is 0 Å². The predicted octanol–water partition coefficient (Wildman–Crippen LogP) is 0.788. The average molecular weight is 159 g/mol. The minimum absolute atomic E-state index is 0.263. The van der Waals surface area contributed by atoms with Crippen molar-refractivity contribution in [3.05, 3.63) is 28.8 Å². The minimum atomic E-state index is 0.263. The van der Waals surface area contributed by atoms with Crippen LogP contribution in [0.4, 0.5) is 0 Å². The van der Waals surface area contributed by atoms with Gasteiger partial charge in [0.2, 0.25) is 0 Å². The Bertz CT molecular complexity index is 237. The maximum absolute atomic E-state index is 9.14. The molecule has 0 atom stereocenters. The van der Waals surface area contributed by atoms with E-state index in [1.54, 1.807) is 18.2 Å². The van der Waals surface area contributed by atoms with Gasteiger partial charge in [-0.3, -0.25) is 0 Å². The highest BCUT2D eigenvalue weighted by atomic mass is 35.5. The molecule has 3 heteroatoms. The van der Waals surface area contributed by atoms with Crippen LogP contribution in [-0.4, -0.2) is 5.11 Å². The molecular formula is C7H9ClNO+. The quantitative estimate of drug-likeness (QED) is 0.624. The molecule has 0 bridgehead atoms. The van der Waals surface area contributed by atoms with E-state index in [0.717, 1.165) is 5.56 Å². The van der Waals surface area contributed by atoms with Crippen LogP contribution < -0.4 is 5.73 Å². The van der Waals surface area contributed by atoms with Crippen molar-refractivity contribution in [3.8, 4) is 5.75 Å². The monoisotopic (exact) mass is 158 g/mol. The molecule has 0 aliphatic carbocycles. The van der Waals surface area contributed by atoms with E-state index < -0.39 is 0 Å². The third-order valence-electron chi connectivity index (χ3n) is 1.31. The Balaban J connectivity index is 3.09. The highest BCUT2D eigenvalue weighted by Gasteiger charge is 1.99. The number of phenolic OH excluding ortho intramolecular Hbond substituents is 1. The fourth-order valence-corrected chi connectivity index (χ4v) is 0.949. The lowest BCUT2D eigenvalue weighted by molar-refractivity contribution is -0.386. The zero-order valence-electron chi connectivity index (χ0n) is 5.47. The molecule has 0 aromatic heterocycles. The first kappa shape index (κ1) is 7.38. The first-order chi connectivity index (χ1) is 4.74. The SMILES string of the molecule is [NH3+]Cc1cc(Cl)ccc1O. The van der Waals surface area contributed by atoms with Gasteiger partial charge in [0, 0.05) is 10.6 Å². The molecule has 0 saturated heterocycles. The second-order valence-electron chi connectivity index (χ2n) is 2.02. The smallest absolute Gasteiger partial charge is 0.124 e. The van der Waals surface area contributed by atoms with E-state index in [1.165, 1.54) is 0 Å². The van der Waals surface area contributed by atoms with Crippen LogP contribution in [0, 0.1) is 0 Å². The normalized spacial score (nSPS) is 9.80. The van der Waals surface area contributed by atoms with E-state index in [4.69, 9.17) is 16.7 Å². The Morgan fingerprint density at radius 1 is 1.50 bits per heavy atom. The number of hydrogen-bond donors (Lipinski definition) is 2. The number of rotatable bonds is 1. The van der Waals surface area contributed by atoms with Crippen molar-refractivity contribution in [2.24, 2.45) is 0 Å². The second kappa shape index (κ2) is 2.90. The molecule has 0 saturated carbocycles. The largest absolute Gasteiger partial charge is 0.507 e. The molecule has 2 nitrogen and oxygen atoms in total. The number of phenols is 1. The molecule has 1 aromatic rings. The molecule has 0 aliphatic rings. The second-order valence-corrected chi connectivity index (χ2v) is 2.46. The van der Waals surface area contributed by atoms with Crippen LogP contribution in [0.15, 0.2) is 18.2 Å². The van der Waals surface area contributed by atoms with E-state index in [0.29, 0.717) is 11.6 Å². The van der Waals surface area contributed by atoms with Crippen LogP contribution >= 0.6 is 11.6 Å². The van der Waals surface area contributed by atoms with Crippen molar-refractivity contribution in [1.29, 1.82) is 0 Å². The standard InChI is InChI=1S/C7H8ClNO/c8-6-1-2-7(10)5(3-6)4-9/h1-3,10H,4,9H2/p+1. The number of hydrogen-bond acceptors (Lipinski definition) is 1. The van der Waals surface area contributed by atoms with Gasteiger partial charge in [-0.25, -0.2) is 0 Å². The topological polar surface area (TPSA) is 47.9 Å². The molecule has 0 radical (unpaired) electrons. The van der Waals surface area contributed by atoms with Crippen LogP contribution in [0.3, 0.4) is 0 Å². The summed E-state index contributed by atoms with van der Waals surface area (Å²) in [6.07, 6.45) is 0. The summed E-state index contributed by atoms with van der Waals surface area (Å²) >= 11 is 5.66. The van der Waals surface area contributed by atoms with Gasteiger partial charge in [0.1, 0.15) is 12.3 Å². The average Bonchev–Trinajstić information content (AvgIpc) is 1.94. The molecular weight excluding hydrogens is 150 g/mol. The van der Waals surface area contributed by atoms with Crippen molar-refractivity contribution < 1.29 is 10.8 Å². The molecule has 0 heterocycles. The number of quaternary nitrogens is 1. The summed E-state index contributed by atoms with van der Waals surface area (Å²) in [5.41, 5.74) is 4.42. The summed E-state index contributed by atoms with van der Waals surface area (Å²) in [6, 6.07) is 4.93. The first-order valence-corrected chi connectivity index (χ1v) is 3.38. The van der Waals surface area contributed by atoms with Crippen LogP contribution in [0.1, 0.15) is 5.56 Å².